The van der Waals surface area contributed by atoms with Crippen molar-refractivity contribution in [1.82, 2.24) is 0 Å². The molecule has 3 rings (SSSR count). The van der Waals surface area contributed by atoms with Crippen LogP contribution in [0.1, 0.15) is 19.8 Å². The Bertz CT molecular complexity index is 792. The first-order valence-electron chi connectivity index (χ1n) is 8.66. The Balaban J connectivity index is 1.63. The first-order chi connectivity index (χ1) is 12.6. The van der Waals surface area contributed by atoms with Gasteiger partial charge in [0.1, 0.15) is 5.75 Å². The fourth-order valence-corrected chi connectivity index (χ4v) is 3.08. The van der Waals surface area contributed by atoms with Crippen molar-refractivity contribution in [1.29, 1.82) is 0 Å². The minimum Gasteiger partial charge on any atom is -0.494 e. The SMILES string of the molecule is CCCOc1ccc(N2C[C@@H](C(=O)Nc3cccc(Cl)c3)CC2=O)cc1. The predicted molar refractivity (Wildman–Crippen MR) is 103 cm³/mol. The van der Waals surface area contributed by atoms with Crippen LogP contribution in [-0.4, -0.2) is 25.0 Å². The molecule has 1 aliphatic rings. The number of amides is 2. The normalized spacial score (nSPS) is 16.6. The van der Waals surface area contributed by atoms with Gasteiger partial charge in [0.05, 0.1) is 12.5 Å². The molecule has 0 unspecified atom stereocenters. The van der Waals surface area contributed by atoms with E-state index in [1.165, 1.54) is 0 Å². The first-order valence-corrected chi connectivity index (χ1v) is 9.04. The number of rotatable bonds is 6. The summed E-state index contributed by atoms with van der Waals surface area (Å²) in [5.74, 6) is 0.152. The average Bonchev–Trinajstić information content (AvgIpc) is 3.02. The lowest BCUT2D eigenvalue weighted by molar-refractivity contribution is -0.122. The molecule has 2 aromatic carbocycles. The Morgan fingerprint density at radius 2 is 2.04 bits per heavy atom. The fraction of sp³-hybridized carbons (Fsp3) is 0.300. The molecule has 1 aliphatic heterocycles. The second-order valence-electron chi connectivity index (χ2n) is 6.25. The lowest BCUT2D eigenvalue weighted by atomic mass is 10.1. The molecule has 0 spiro atoms. The van der Waals surface area contributed by atoms with Gasteiger partial charge in [-0.2, -0.15) is 0 Å². The summed E-state index contributed by atoms with van der Waals surface area (Å²) in [5, 5.41) is 3.38. The smallest absolute Gasteiger partial charge is 0.229 e. The second kappa shape index (κ2) is 8.23. The number of carbonyl (C=O) groups excluding carboxylic acids is 2. The summed E-state index contributed by atoms with van der Waals surface area (Å²) < 4.78 is 5.56. The Hall–Kier alpha value is -2.53. The van der Waals surface area contributed by atoms with E-state index in [2.05, 4.69) is 5.32 Å². The van der Waals surface area contributed by atoms with Crippen molar-refractivity contribution < 1.29 is 14.3 Å². The molecule has 0 radical (unpaired) electrons. The zero-order valence-corrected chi connectivity index (χ0v) is 15.3. The number of nitrogens with one attached hydrogen (secondary N) is 1. The topological polar surface area (TPSA) is 58.6 Å². The highest BCUT2D eigenvalue weighted by molar-refractivity contribution is 6.30. The van der Waals surface area contributed by atoms with Crippen molar-refractivity contribution >= 4 is 34.8 Å². The van der Waals surface area contributed by atoms with E-state index in [1.807, 2.05) is 31.2 Å². The fourth-order valence-electron chi connectivity index (χ4n) is 2.89. The zero-order chi connectivity index (χ0) is 18.5. The van der Waals surface area contributed by atoms with E-state index in [0.29, 0.717) is 23.9 Å². The number of hydrogen-bond acceptors (Lipinski definition) is 3. The molecular formula is C20H21ClN2O3. The minimum atomic E-state index is -0.391. The second-order valence-corrected chi connectivity index (χ2v) is 6.68. The van der Waals surface area contributed by atoms with E-state index in [9.17, 15) is 9.59 Å². The largest absolute Gasteiger partial charge is 0.494 e. The molecule has 1 heterocycles. The highest BCUT2D eigenvalue weighted by atomic mass is 35.5. The Morgan fingerprint density at radius 3 is 2.73 bits per heavy atom. The summed E-state index contributed by atoms with van der Waals surface area (Å²) in [6, 6.07) is 14.4. The van der Waals surface area contributed by atoms with Crippen LogP contribution in [-0.2, 0) is 9.59 Å². The molecule has 26 heavy (non-hydrogen) atoms. The number of halogens is 1. The van der Waals surface area contributed by atoms with Gasteiger partial charge in [-0.3, -0.25) is 9.59 Å². The van der Waals surface area contributed by atoms with Crippen molar-refractivity contribution in [3.63, 3.8) is 0 Å². The van der Waals surface area contributed by atoms with Crippen molar-refractivity contribution in [3.8, 4) is 5.75 Å². The van der Waals surface area contributed by atoms with Crippen LogP contribution in [0.5, 0.6) is 5.75 Å². The Kier molecular flexibility index (Phi) is 5.78. The average molecular weight is 373 g/mol. The van der Waals surface area contributed by atoms with E-state index in [0.717, 1.165) is 17.9 Å². The molecule has 0 aliphatic carbocycles. The first kappa shape index (κ1) is 18.3. The predicted octanol–water partition coefficient (Wildman–Crippen LogP) is 4.12. The number of benzene rings is 2. The number of nitrogens with zero attached hydrogens (tertiary/aromatic N) is 1. The summed E-state index contributed by atoms with van der Waals surface area (Å²) in [7, 11) is 0. The molecule has 1 fully saturated rings. The van der Waals surface area contributed by atoms with Crippen molar-refractivity contribution in [2.45, 2.75) is 19.8 Å². The summed E-state index contributed by atoms with van der Waals surface area (Å²) in [5.41, 5.74) is 1.41. The third kappa shape index (κ3) is 4.35. The molecule has 136 valence electrons. The monoisotopic (exact) mass is 372 g/mol. The molecule has 1 saturated heterocycles. The van der Waals surface area contributed by atoms with Gasteiger partial charge in [0.15, 0.2) is 0 Å². The van der Waals surface area contributed by atoms with Gasteiger partial charge in [0, 0.05) is 29.4 Å². The molecule has 0 aromatic heterocycles. The standard InChI is InChI=1S/C20H21ClN2O3/c1-2-10-26-18-8-6-17(7-9-18)23-13-14(11-19(23)24)20(25)22-16-5-3-4-15(21)12-16/h3-9,12,14H,2,10-11,13H2,1H3,(H,22,25)/t14-/m0/s1. The molecule has 6 heteroatoms. The van der Waals surface area contributed by atoms with Gasteiger partial charge in [-0.15, -0.1) is 0 Å². The number of carbonyl (C=O) groups is 2. The van der Waals surface area contributed by atoms with E-state index >= 15 is 0 Å². The van der Waals surface area contributed by atoms with Crippen molar-refractivity contribution in [3.05, 3.63) is 53.6 Å². The number of ether oxygens (including phenoxy) is 1. The maximum absolute atomic E-state index is 12.5. The van der Waals surface area contributed by atoms with Crippen molar-refractivity contribution in [2.24, 2.45) is 5.92 Å². The summed E-state index contributed by atoms with van der Waals surface area (Å²) >= 11 is 5.93. The van der Waals surface area contributed by atoms with Crippen LogP contribution in [0.3, 0.4) is 0 Å². The quantitative estimate of drug-likeness (QED) is 0.829. The molecule has 1 atom stereocenters. The van der Waals surface area contributed by atoms with Crippen LogP contribution < -0.4 is 15.0 Å². The molecule has 0 saturated carbocycles. The van der Waals surface area contributed by atoms with Gasteiger partial charge in [-0.1, -0.05) is 24.6 Å². The Labute approximate surface area is 157 Å². The van der Waals surface area contributed by atoms with E-state index in [-0.39, 0.29) is 18.2 Å². The van der Waals surface area contributed by atoms with Crippen LogP contribution in [0.4, 0.5) is 11.4 Å². The van der Waals surface area contributed by atoms with Crippen LogP contribution in [0.15, 0.2) is 48.5 Å². The van der Waals surface area contributed by atoms with Gasteiger partial charge in [-0.05, 0) is 48.9 Å². The van der Waals surface area contributed by atoms with Crippen LogP contribution >= 0.6 is 11.6 Å². The zero-order valence-electron chi connectivity index (χ0n) is 14.6. The molecule has 2 amide bonds. The maximum Gasteiger partial charge on any atom is 0.229 e. The molecule has 2 aromatic rings. The third-order valence-electron chi connectivity index (χ3n) is 4.21. The van der Waals surface area contributed by atoms with Gasteiger partial charge in [0.2, 0.25) is 11.8 Å². The summed E-state index contributed by atoms with van der Waals surface area (Å²) in [6.45, 7) is 3.07. The summed E-state index contributed by atoms with van der Waals surface area (Å²) in [6.07, 6.45) is 1.14. The van der Waals surface area contributed by atoms with Gasteiger partial charge in [-0.25, -0.2) is 0 Å². The van der Waals surface area contributed by atoms with Crippen LogP contribution in [0.2, 0.25) is 5.02 Å². The third-order valence-corrected chi connectivity index (χ3v) is 4.44. The molecule has 1 N–H and O–H groups in total. The number of hydrogen-bond donors (Lipinski definition) is 1. The minimum absolute atomic E-state index is 0.0570. The summed E-state index contributed by atoms with van der Waals surface area (Å²) in [4.78, 5) is 26.5. The highest BCUT2D eigenvalue weighted by Gasteiger charge is 2.35. The lowest BCUT2D eigenvalue weighted by Crippen LogP contribution is -2.28. The molecule has 5 nitrogen and oxygen atoms in total. The van der Waals surface area contributed by atoms with Gasteiger partial charge >= 0.3 is 0 Å². The van der Waals surface area contributed by atoms with E-state index in [4.69, 9.17) is 16.3 Å². The van der Waals surface area contributed by atoms with Crippen LogP contribution in [0.25, 0.3) is 0 Å². The van der Waals surface area contributed by atoms with Gasteiger partial charge < -0.3 is 15.0 Å². The van der Waals surface area contributed by atoms with Crippen LogP contribution in [0, 0.1) is 5.92 Å². The van der Waals surface area contributed by atoms with Gasteiger partial charge in [0.25, 0.3) is 0 Å². The maximum atomic E-state index is 12.5. The number of anilines is 2. The van der Waals surface area contributed by atoms with Crippen molar-refractivity contribution in [2.75, 3.05) is 23.4 Å². The lowest BCUT2D eigenvalue weighted by Gasteiger charge is -2.17. The molecular weight excluding hydrogens is 352 g/mol. The van der Waals surface area contributed by atoms with E-state index in [1.54, 1.807) is 29.2 Å². The molecule has 0 bridgehead atoms. The Morgan fingerprint density at radius 1 is 1.27 bits per heavy atom. The highest BCUT2D eigenvalue weighted by Crippen LogP contribution is 2.28. The van der Waals surface area contributed by atoms with E-state index < -0.39 is 5.92 Å².